The second kappa shape index (κ2) is 20.2. The normalized spacial score (nSPS) is 15.8. The number of fused-ring (bicyclic) bond motifs is 2. The van der Waals surface area contributed by atoms with Gasteiger partial charge in [-0.3, -0.25) is 19.2 Å². The van der Waals surface area contributed by atoms with Gasteiger partial charge in [0.1, 0.15) is 11.6 Å². The van der Waals surface area contributed by atoms with Gasteiger partial charge >= 0.3 is 11.9 Å². The number of carbonyl (C=O) groups excluding carboxylic acids is 4. The predicted octanol–water partition coefficient (Wildman–Crippen LogP) is 10.3. The van der Waals surface area contributed by atoms with Crippen molar-refractivity contribution >= 4 is 80.6 Å². The van der Waals surface area contributed by atoms with Crippen LogP contribution in [-0.4, -0.2) is 48.4 Å². The highest BCUT2D eigenvalue weighted by molar-refractivity contribution is 8.26. The fraction of sp³-hybridized carbons (Fsp3) is 0.386. The van der Waals surface area contributed by atoms with Gasteiger partial charge in [0.05, 0.1) is 53.0 Å². The summed E-state index contributed by atoms with van der Waals surface area (Å²) in [5.41, 5.74) is 1.57. The minimum absolute atomic E-state index is 0.0729. The molecule has 0 bridgehead atoms. The molecule has 3 aromatic rings. The molecule has 16 heteroatoms. The second-order valence-electron chi connectivity index (χ2n) is 14.6. The summed E-state index contributed by atoms with van der Waals surface area (Å²) in [6.07, 6.45) is 6.53. The lowest BCUT2D eigenvalue weighted by atomic mass is 10.00. The van der Waals surface area contributed by atoms with Crippen LogP contribution in [0, 0.1) is 23.2 Å². The van der Waals surface area contributed by atoms with Crippen molar-refractivity contribution in [2.75, 3.05) is 6.26 Å². The van der Waals surface area contributed by atoms with Gasteiger partial charge in [-0.15, -0.1) is 0 Å². The highest BCUT2D eigenvalue weighted by Crippen LogP contribution is 2.69. The number of allylic oxidation sites excluding steroid dienone is 1. The zero-order valence-electron chi connectivity index (χ0n) is 34.1. The number of esters is 2. The summed E-state index contributed by atoms with van der Waals surface area (Å²) in [6.45, 7) is 8.16. The highest BCUT2D eigenvalue weighted by atomic mass is 32.2. The lowest BCUT2D eigenvalue weighted by Crippen LogP contribution is -2.39. The SMILES string of the molecule is CCCCC(CC)C(=O)Oc1c2c(c(OC(=O)C(CC)CCCC)c3c1SC(=C(C#N)S(C)(=O)=O)S3)SC(=C1C(=O)N(Cc3ccccc3)N(Cc3ccccc3)C1=O)S2. The topological polar surface area (TPSA) is 151 Å². The molecule has 2 amide bonds. The molecule has 3 aliphatic heterocycles. The Hall–Kier alpha value is -4.14. The summed E-state index contributed by atoms with van der Waals surface area (Å²) < 4.78 is 38.8. The molecule has 60 heavy (non-hydrogen) atoms. The molecule has 2 atom stereocenters. The molecule has 3 aliphatic rings. The number of ether oxygens (including phenoxy) is 2. The Bertz CT molecular complexity index is 2240. The lowest BCUT2D eigenvalue weighted by Gasteiger charge is -2.27. The van der Waals surface area contributed by atoms with E-state index < -0.39 is 50.3 Å². The number of nitrogens with zero attached hydrogens (tertiary/aromatic N) is 3. The van der Waals surface area contributed by atoms with Crippen LogP contribution >= 0.6 is 47.0 Å². The largest absolute Gasteiger partial charge is 0.424 e. The molecule has 0 radical (unpaired) electrons. The number of hydrogen-bond acceptors (Lipinski definition) is 13. The molecule has 3 heterocycles. The molecule has 2 unspecified atom stereocenters. The molecule has 0 spiro atoms. The van der Waals surface area contributed by atoms with Crippen LogP contribution in [0.4, 0.5) is 0 Å². The van der Waals surface area contributed by atoms with Crippen LogP contribution < -0.4 is 9.47 Å². The Morgan fingerprint density at radius 2 is 1.08 bits per heavy atom. The monoisotopic (exact) mass is 905 g/mol. The number of unbranched alkanes of at least 4 members (excludes halogenated alkanes) is 2. The Balaban J connectivity index is 1.53. The molecule has 0 aliphatic carbocycles. The maximum Gasteiger partial charge on any atom is 0.314 e. The van der Waals surface area contributed by atoms with E-state index in [1.54, 1.807) is 0 Å². The summed E-state index contributed by atoms with van der Waals surface area (Å²) in [6, 6.07) is 20.6. The first-order chi connectivity index (χ1) is 28.8. The second-order valence-corrected chi connectivity index (χ2v) is 21.1. The van der Waals surface area contributed by atoms with Gasteiger partial charge < -0.3 is 9.47 Å². The van der Waals surface area contributed by atoms with Crippen molar-refractivity contribution in [3.63, 3.8) is 0 Å². The van der Waals surface area contributed by atoms with Gasteiger partial charge in [-0.2, -0.15) is 5.26 Å². The standard InChI is InChI=1S/C44H47N3O8S5/c1-6-10-22-29(8-3)41(50)54-33-35-36(57-43(56-35)31(24-45)60(5,52)53)34(55-42(51)30(9-4)23-11-7-2)38-37(33)58-44(59-38)32-39(48)46(25-27-18-14-12-15-19-27)47(40(32)49)26-28-20-16-13-17-21-28/h12-21,29-30H,6-11,22-23,25-26H2,1-5H3. The third kappa shape index (κ3) is 9.81. The van der Waals surface area contributed by atoms with E-state index in [4.69, 9.17) is 9.47 Å². The number of sulfone groups is 1. The van der Waals surface area contributed by atoms with Crippen molar-refractivity contribution in [2.24, 2.45) is 11.8 Å². The third-order valence-corrected chi connectivity index (χ3v) is 16.8. The van der Waals surface area contributed by atoms with Crippen LogP contribution in [0.2, 0.25) is 0 Å². The number of hydrazine groups is 1. The highest BCUT2D eigenvalue weighted by Gasteiger charge is 2.47. The van der Waals surface area contributed by atoms with Crippen LogP contribution in [0.1, 0.15) is 90.2 Å². The number of hydrogen-bond donors (Lipinski definition) is 0. The number of amides is 2. The van der Waals surface area contributed by atoms with Crippen molar-refractivity contribution in [3.05, 3.63) is 90.7 Å². The van der Waals surface area contributed by atoms with E-state index in [1.165, 1.54) is 10.0 Å². The van der Waals surface area contributed by atoms with E-state index >= 15 is 0 Å². The molecule has 0 saturated carbocycles. The molecule has 6 rings (SSSR count). The van der Waals surface area contributed by atoms with Crippen molar-refractivity contribution < 1.29 is 37.1 Å². The van der Waals surface area contributed by atoms with Crippen LogP contribution in [-0.2, 0) is 42.1 Å². The average molecular weight is 906 g/mol. The predicted molar refractivity (Wildman–Crippen MR) is 236 cm³/mol. The van der Waals surface area contributed by atoms with Crippen molar-refractivity contribution in [3.8, 4) is 17.6 Å². The van der Waals surface area contributed by atoms with Crippen molar-refractivity contribution in [1.82, 2.24) is 10.0 Å². The van der Waals surface area contributed by atoms with Crippen LogP contribution in [0.5, 0.6) is 11.5 Å². The zero-order chi connectivity index (χ0) is 43.1. The number of rotatable bonds is 17. The Morgan fingerprint density at radius 3 is 1.43 bits per heavy atom. The minimum Gasteiger partial charge on any atom is -0.424 e. The Morgan fingerprint density at radius 1 is 0.683 bits per heavy atom. The van der Waals surface area contributed by atoms with E-state index in [1.807, 2.05) is 94.4 Å². The molecule has 0 N–H and O–H groups in total. The molecular weight excluding hydrogens is 859 g/mol. The lowest BCUT2D eigenvalue weighted by molar-refractivity contribution is -0.149. The smallest absolute Gasteiger partial charge is 0.314 e. The maximum atomic E-state index is 14.6. The molecule has 3 aromatic carbocycles. The van der Waals surface area contributed by atoms with Gasteiger partial charge in [0.15, 0.2) is 26.2 Å². The molecule has 0 aromatic heterocycles. The molecule has 11 nitrogen and oxygen atoms in total. The minimum atomic E-state index is -3.98. The fourth-order valence-electron chi connectivity index (χ4n) is 6.88. The molecule has 1 saturated heterocycles. The summed E-state index contributed by atoms with van der Waals surface area (Å²) in [5.74, 6) is -2.67. The molecule has 1 fully saturated rings. The van der Waals surface area contributed by atoms with E-state index in [9.17, 15) is 32.9 Å². The average Bonchev–Trinajstić information content (AvgIpc) is 3.92. The Labute approximate surface area is 369 Å². The number of carbonyl (C=O) groups is 4. The van der Waals surface area contributed by atoms with Crippen LogP contribution in [0.25, 0.3) is 0 Å². The van der Waals surface area contributed by atoms with Crippen LogP contribution in [0.3, 0.4) is 0 Å². The maximum absolute atomic E-state index is 14.6. The third-order valence-electron chi connectivity index (χ3n) is 10.3. The summed E-state index contributed by atoms with van der Waals surface area (Å²) in [5, 5.41) is 12.9. The fourth-order valence-corrected chi connectivity index (χ4v) is 13.7. The van der Waals surface area contributed by atoms with Crippen molar-refractivity contribution in [1.29, 1.82) is 5.26 Å². The summed E-state index contributed by atoms with van der Waals surface area (Å²) in [4.78, 5) is 58.1. The Kier molecular flexibility index (Phi) is 15.2. The first-order valence-electron chi connectivity index (χ1n) is 20.0. The number of thioether (sulfide) groups is 4. The van der Waals surface area contributed by atoms with E-state index in [2.05, 4.69) is 0 Å². The number of benzene rings is 3. The van der Waals surface area contributed by atoms with Crippen LogP contribution in [0.15, 0.2) is 99.2 Å². The van der Waals surface area contributed by atoms with Gasteiger partial charge in [-0.05, 0) is 36.8 Å². The number of nitriles is 1. The van der Waals surface area contributed by atoms with Gasteiger partial charge in [0.2, 0.25) is 0 Å². The van der Waals surface area contributed by atoms with Crippen molar-refractivity contribution in [2.45, 2.75) is 112 Å². The summed E-state index contributed by atoms with van der Waals surface area (Å²) in [7, 11) is -3.98. The van der Waals surface area contributed by atoms with Gasteiger partial charge in [-0.1, -0.05) is 161 Å². The van der Waals surface area contributed by atoms with Gasteiger partial charge in [-0.25, -0.2) is 18.4 Å². The molecule has 316 valence electrons. The van der Waals surface area contributed by atoms with Gasteiger partial charge in [0.25, 0.3) is 11.8 Å². The van der Waals surface area contributed by atoms with Gasteiger partial charge in [0, 0.05) is 6.26 Å². The van der Waals surface area contributed by atoms with E-state index in [0.29, 0.717) is 49.5 Å². The first kappa shape index (κ1) is 45.4. The summed E-state index contributed by atoms with van der Waals surface area (Å²) >= 11 is 4.07. The quantitative estimate of drug-likeness (QED) is 0.0416. The first-order valence-corrected chi connectivity index (χ1v) is 25.2. The van der Waals surface area contributed by atoms with E-state index in [0.717, 1.165) is 90.1 Å². The molecular formula is C44H47N3O8S5. The zero-order valence-corrected chi connectivity index (χ0v) is 38.2. The van der Waals surface area contributed by atoms with E-state index in [-0.39, 0.29) is 34.4 Å².